The van der Waals surface area contributed by atoms with Crippen LogP contribution in [0.2, 0.25) is 0 Å². The molecule has 0 aliphatic carbocycles. The summed E-state index contributed by atoms with van der Waals surface area (Å²) in [5, 5.41) is 4.77. The number of amides is 1. The number of hydrogen-bond donors (Lipinski definition) is 1. The van der Waals surface area contributed by atoms with Crippen molar-refractivity contribution in [3.05, 3.63) is 82.0 Å². The lowest BCUT2D eigenvalue weighted by atomic mass is 10.1. The number of nitrogens with zero attached hydrogens (tertiary/aromatic N) is 1. The first-order chi connectivity index (χ1) is 12.8. The van der Waals surface area contributed by atoms with Crippen molar-refractivity contribution in [1.29, 1.82) is 0 Å². The summed E-state index contributed by atoms with van der Waals surface area (Å²) in [4.78, 5) is 15.4. The number of benzene rings is 2. The summed E-state index contributed by atoms with van der Waals surface area (Å²) in [5.41, 5.74) is 3.75. The van der Waals surface area contributed by atoms with Crippen molar-refractivity contribution in [2.75, 3.05) is 11.4 Å². The van der Waals surface area contributed by atoms with Crippen molar-refractivity contribution < 1.29 is 9.53 Å². The number of ether oxygens (including phenoxy) is 1. The van der Waals surface area contributed by atoms with Crippen LogP contribution in [0.25, 0.3) is 0 Å². The number of thiophene rings is 1. The monoisotopic (exact) mass is 364 g/mol. The van der Waals surface area contributed by atoms with Gasteiger partial charge in [-0.1, -0.05) is 36.4 Å². The third kappa shape index (κ3) is 3.89. The molecule has 1 aromatic heterocycles. The molecule has 5 heteroatoms. The Labute approximate surface area is 157 Å². The molecule has 4 nitrogen and oxygen atoms in total. The van der Waals surface area contributed by atoms with Crippen molar-refractivity contribution in [1.82, 2.24) is 5.32 Å². The molecule has 0 bridgehead atoms. The zero-order chi connectivity index (χ0) is 17.8. The lowest BCUT2D eigenvalue weighted by Crippen LogP contribution is -2.25. The lowest BCUT2D eigenvalue weighted by molar-refractivity contribution is 0.200. The molecule has 26 heavy (non-hydrogen) atoms. The first-order valence-corrected chi connectivity index (χ1v) is 9.56. The van der Waals surface area contributed by atoms with E-state index in [2.05, 4.69) is 34.5 Å². The SMILES string of the molecule is O=C(NCc1cccs1)Oc1ccc2c(c1)CCN2Cc1ccccc1. The van der Waals surface area contributed by atoms with Gasteiger partial charge in [-0.05, 0) is 47.2 Å². The van der Waals surface area contributed by atoms with Gasteiger partial charge in [0.25, 0.3) is 0 Å². The molecule has 1 amide bonds. The summed E-state index contributed by atoms with van der Waals surface area (Å²) in [6.45, 7) is 2.37. The van der Waals surface area contributed by atoms with Crippen molar-refractivity contribution in [3.8, 4) is 5.75 Å². The molecule has 0 spiro atoms. The molecular formula is C21H20N2O2S. The normalized spacial score (nSPS) is 12.7. The largest absolute Gasteiger partial charge is 0.412 e. The molecule has 3 aromatic rings. The first kappa shape index (κ1) is 16.7. The van der Waals surface area contributed by atoms with E-state index in [9.17, 15) is 4.79 Å². The molecule has 0 fully saturated rings. The third-order valence-corrected chi connectivity index (χ3v) is 5.33. The van der Waals surface area contributed by atoms with Crippen LogP contribution in [-0.4, -0.2) is 12.6 Å². The van der Waals surface area contributed by atoms with Crippen molar-refractivity contribution in [2.45, 2.75) is 19.5 Å². The highest BCUT2D eigenvalue weighted by atomic mass is 32.1. The van der Waals surface area contributed by atoms with Crippen LogP contribution in [0.1, 0.15) is 16.0 Å². The van der Waals surface area contributed by atoms with Crippen molar-refractivity contribution in [3.63, 3.8) is 0 Å². The molecule has 1 aliphatic heterocycles. The fourth-order valence-corrected chi connectivity index (χ4v) is 3.84. The summed E-state index contributed by atoms with van der Waals surface area (Å²) in [5.74, 6) is 0.592. The summed E-state index contributed by atoms with van der Waals surface area (Å²) >= 11 is 1.61. The van der Waals surface area contributed by atoms with E-state index in [-0.39, 0.29) is 0 Å². The molecule has 1 N–H and O–H groups in total. The molecule has 0 radical (unpaired) electrons. The Hall–Kier alpha value is -2.79. The van der Waals surface area contributed by atoms with Gasteiger partial charge in [0.15, 0.2) is 0 Å². The van der Waals surface area contributed by atoms with Crippen LogP contribution in [-0.2, 0) is 19.5 Å². The molecule has 2 aromatic carbocycles. The van der Waals surface area contributed by atoms with E-state index in [0.717, 1.165) is 24.4 Å². The van der Waals surface area contributed by atoms with E-state index in [1.807, 2.05) is 41.8 Å². The minimum Gasteiger partial charge on any atom is -0.410 e. The molecule has 0 saturated carbocycles. The Kier molecular flexibility index (Phi) is 4.88. The lowest BCUT2D eigenvalue weighted by Gasteiger charge is -2.19. The molecular weight excluding hydrogens is 344 g/mol. The van der Waals surface area contributed by atoms with Gasteiger partial charge in [-0.3, -0.25) is 0 Å². The first-order valence-electron chi connectivity index (χ1n) is 8.68. The Morgan fingerprint density at radius 1 is 1.12 bits per heavy atom. The van der Waals surface area contributed by atoms with E-state index in [1.165, 1.54) is 16.8 Å². The van der Waals surface area contributed by atoms with Gasteiger partial charge in [0.1, 0.15) is 5.75 Å². The summed E-state index contributed by atoms with van der Waals surface area (Å²) < 4.78 is 5.43. The molecule has 4 rings (SSSR count). The van der Waals surface area contributed by atoms with Gasteiger partial charge in [-0.15, -0.1) is 11.3 Å². The molecule has 0 saturated heterocycles. The molecule has 2 heterocycles. The maximum Gasteiger partial charge on any atom is 0.412 e. The smallest absolute Gasteiger partial charge is 0.410 e. The van der Waals surface area contributed by atoms with Crippen LogP contribution in [0, 0.1) is 0 Å². The van der Waals surface area contributed by atoms with E-state index >= 15 is 0 Å². The molecule has 132 valence electrons. The van der Waals surface area contributed by atoms with E-state index in [1.54, 1.807) is 11.3 Å². The van der Waals surface area contributed by atoms with Gasteiger partial charge >= 0.3 is 6.09 Å². The average Bonchev–Trinajstić information content (AvgIpc) is 3.31. The average molecular weight is 364 g/mol. The van der Waals surface area contributed by atoms with E-state index < -0.39 is 6.09 Å². The van der Waals surface area contributed by atoms with Crippen LogP contribution in [0.4, 0.5) is 10.5 Å². The number of rotatable bonds is 5. The highest BCUT2D eigenvalue weighted by molar-refractivity contribution is 7.09. The van der Waals surface area contributed by atoms with Gasteiger partial charge in [0, 0.05) is 23.7 Å². The highest BCUT2D eigenvalue weighted by Crippen LogP contribution is 2.32. The summed E-state index contributed by atoms with van der Waals surface area (Å²) in [6, 6.07) is 20.3. The van der Waals surface area contributed by atoms with Crippen LogP contribution in [0.5, 0.6) is 5.75 Å². The van der Waals surface area contributed by atoms with E-state index in [4.69, 9.17) is 4.74 Å². The molecule has 1 aliphatic rings. The van der Waals surface area contributed by atoms with Crippen molar-refractivity contribution in [2.24, 2.45) is 0 Å². The van der Waals surface area contributed by atoms with Gasteiger partial charge in [0.2, 0.25) is 0 Å². The maximum absolute atomic E-state index is 12.0. The highest BCUT2D eigenvalue weighted by Gasteiger charge is 2.20. The van der Waals surface area contributed by atoms with Crippen LogP contribution in [0.15, 0.2) is 66.0 Å². The fraction of sp³-hybridized carbons (Fsp3) is 0.190. The second kappa shape index (κ2) is 7.62. The number of nitrogens with one attached hydrogen (secondary N) is 1. The Bertz CT molecular complexity index is 878. The minimum absolute atomic E-state index is 0.419. The number of carbonyl (C=O) groups excluding carboxylic acids is 1. The second-order valence-electron chi connectivity index (χ2n) is 6.27. The summed E-state index contributed by atoms with van der Waals surface area (Å²) in [7, 11) is 0. The predicted octanol–water partition coefficient (Wildman–Crippen LogP) is 4.60. The van der Waals surface area contributed by atoms with Gasteiger partial charge in [-0.2, -0.15) is 0 Å². The topological polar surface area (TPSA) is 41.6 Å². The zero-order valence-electron chi connectivity index (χ0n) is 14.4. The minimum atomic E-state index is -0.419. The number of hydrogen-bond acceptors (Lipinski definition) is 4. The fourth-order valence-electron chi connectivity index (χ4n) is 3.19. The van der Waals surface area contributed by atoms with Gasteiger partial charge in [0.05, 0.1) is 6.54 Å². The Balaban J connectivity index is 1.37. The number of anilines is 1. The van der Waals surface area contributed by atoms with Crippen LogP contribution < -0.4 is 15.0 Å². The van der Waals surface area contributed by atoms with Crippen LogP contribution in [0.3, 0.4) is 0 Å². The second-order valence-corrected chi connectivity index (χ2v) is 7.30. The standard InChI is InChI=1S/C21H20N2O2S/c24-21(22-14-19-7-4-12-26-19)25-18-8-9-20-17(13-18)10-11-23(20)15-16-5-2-1-3-6-16/h1-9,12-13H,10-11,14-15H2,(H,22,24). The predicted molar refractivity (Wildman–Crippen MR) is 105 cm³/mol. The maximum atomic E-state index is 12.0. The number of fused-ring (bicyclic) bond motifs is 1. The quantitative estimate of drug-likeness (QED) is 0.719. The Morgan fingerprint density at radius 3 is 2.81 bits per heavy atom. The zero-order valence-corrected chi connectivity index (χ0v) is 15.2. The van der Waals surface area contributed by atoms with E-state index in [0.29, 0.717) is 12.3 Å². The third-order valence-electron chi connectivity index (χ3n) is 4.46. The van der Waals surface area contributed by atoms with Crippen LogP contribution >= 0.6 is 11.3 Å². The van der Waals surface area contributed by atoms with Gasteiger partial charge in [-0.25, -0.2) is 4.79 Å². The van der Waals surface area contributed by atoms with Crippen molar-refractivity contribution >= 4 is 23.1 Å². The Morgan fingerprint density at radius 2 is 2.00 bits per heavy atom. The molecule has 0 unspecified atom stereocenters. The summed E-state index contributed by atoms with van der Waals surface area (Å²) in [6.07, 6.45) is 0.549. The van der Waals surface area contributed by atoms with Gasteiger partial charge < -0.3 is 15.0 Å². The number of carbonyl (C=O) groups is 1. The molecule has 0 atom stereocenters.